The Labute approximate surface area is 167 Å². The van der Waals surface area contributed by atoms with Gasteiger partial charge in [0, 0.05) is 24.8 Å². The van der Waals surface area contributed by atoms with Gasteiger partial charge in [-0.2, -0.15) is 13.2 Å². The predicted molar refractivity (Wildman–Crippen MR) is 105 cm³/mol. The topological polar surface area (TPSA) is 53.2 Å². The Kier molecular flexibility index (Phi) is 8.45. The summed E-state index contributed by atoms with van der Waals surface area (Å²) >= 11 is 0. The normalized spacial score (nSPS) is 12.4. The molecule has 3 N–H and O–H groups in total. The van der Waals surface area contributed by atoms with Crippen LogP contribution in [0.2, 0.25) is 0 Å². The first-order chi connectivity index (χ1) is 13.8. The van der Waals surface area contributed by atoms with Gasteiger partial charge in [-0.1, -0.05) is 50.1 Å². The number of halogens is 4. The Morgan fingerprint density at radius 2 is 1.83 bits per heavy atom. The van der Waals surface area contributed by atoms with Crippen LogP contribution in [0.25, 0.3) is 0 Å². The summed E-state index contributed by atoms with van der Waals surface area (Å²) < 4.78 is 51.8. The number of hydrogen-bond donors (Lipinski definition) is 3. The second-order valence-corrected chi connectivity index (χ2v) is 6.75. The third-order valence-electron chi connectivity index (χ3n) is 4.33. The minimum absolute atomic E-state index is 0.122. The largest absolute Gasteiger partial charge is 0.419 e. The second-order valence-electron chi connectivity index (χ2n) is 6.75. The molecule has 4 nitrogen and oxygen atoms in total. The van der Waals surface area contributed by atoms with Gasteiger partial charge >= 0.3 is 12.2 Å². The number of alkyl halides is 3. The van der Waals surface area contributed by atoms with E-state index in [0.29, 0.717) is 25.2 Å². The summed E-state index contributed by atoms with van der Waals surface area (Å²) in [6, 6.07) is 11.3. The lowest BCUT2D eigenvalue weighted by Crippen LogP contribution is -2.43. The fraction of sp³-hybridized carbons (Fsp3) is 0.381. The summed E-state index contributed by atoms with van der Waals surface area (Å²) in [5.74, 6) is -1.38. The molecule has 0 saturated carbocycles. The van der Waals surface area contributed by atoms with E-state index in [9.17, 15) is 22.4 Å². The number of nitrogens with one attached hydrogen (secondary N) is 3. The van der Waals surface area contributed by atoms with Crippen molar-refractivity contribution in [1.29, 1.82) is 0 Å². The number of carbonyl (C=O) groups excluding carboxylic acids is 1. The lowest BCUT2D eigenvalue weighted by Gasteiger charge is -2.20. The maximum atomic E-state index is 13.4. The van der Waals surface area contributed by atoms with Crippen molar-refractivity contribution in [3.8, 4) is 0 Å². The van der Waals surface area contributed by atoms with Crippen LogP contribution in [0.15, 0.2) is 48.5 Å². The molecule has 1 unspecified atom stereocenters. The Hall–Kier alpha value is -2.61. The molecule has 0 radical (unpaired) electrons. The van der Waals surface area contributed by atoms with Crippen LogP contribution in [0, 0.1) is 5.82 Å². The van der Waals surface area contributed by atoms with Crippen molar-refractivity contribution >= 4 is 11.7 Å². The van der Waals surface area contributed by atoms with Crippen molar-refractivity contribution in [2.45, 2.75) is 44.9 Å². The molecule has 2 aromatic carbocycles. The number of amides is 2. The lowest BCUT2D eigenvalue weighted by atomic mass is 10.1. The summed E-state index contributed by atoms with van der Waals surface area (Å²) in [7, 11) is 0. The van der Waals surface area contributed by atoms with Crippen LogP contribution in [0.1, 0.15) is 37.3 Å². The van der Waals surface area contributed by atoms with Gasteiger partial charge in [-0.25, -0.2) is 9.18 Å². The molecule has 0 fully saturated rings. The molecule has 0 aromatic heterocycles. The molecule has 0 heterocycles. The van der Waals surface area contributed by atoms with Crippen LogP contribution >= 0.6 is 0 Å². The summed E-state index contributed by atoms with van der Waals surface area (Å²) in [6.07, 6.45) is -2.26. The van der Waals surface area contributed by atoms with Crippen molar-refractivity contribution in [1.82, 2.24) is 10.6 Å². The minimum Gasteiger partial charge on any atom is -0.334 e. The predicted octanol–water partition coefficient (Wildman–Crippen LogP) is 5.31. The van der Waals surface area contributed by atoms with Crippen LogP contribution in [0.5, 0.6) is 0 Å². The van der Waals surface area contributed by atoms with Crippen LogP contribution in [0.3, 0.4) is 0 Å². The molecular weight excluding hydrogens is 386 g/mol. The zero-order chi connectivity index (χ0) is 21.3. The number of anilines is 1. The first-order valence-electron chi connectivity index (χ1n) is 9.48. The van der Waals surface area contributed by atoms with E-state index in [1.54, 1.807) is 0 Å². The molecule has 0 aliphatic rings. The summed E-state index contributed by atoms with van der Waals surface area (Å²) in [6.45, 7) is 3.19. The zero-order valence-corrected chi connectivity index (χ0v) is 16.2. The van der Waals surface area contributed by atoms with Crippen LogP contribution in [-0.2, 0) is 12.7 Å². The molecular formula is C21H25F4N3O. The van der Waals surface area contributed by atoms with E-state index in [1.807, 2.05) is 37.3 Å². The van der Waals surface area contributed by atoms with Gasteiger partial charge in [0.25, 0.3) is 0 Å². The highest BCUT2D eigenvalue weighted by Crippen LogP contribution is 2.32. The Balaban J connectivity index is 1.93. The third-order valence-corrected chi connectivity index (χ3v) is 4.33. The van der Waals surface area contributed by atoms with E-state index in [1.165, 1.54) is 0 Å². The van der Waals surface area contributed by atoms with E-state index in [0.717, 1.165) is 30.9 Å². The molecule has 1 atom stereocenters. The van der Waals surface area contributed by atoms with Crippen LogP contribution in [-0.4, -0.2) is 18.6 Å². The monoisotopic (exact) mass is 411 g/mol. The number of benzene rings is 2. The molecule has 0 aliphatic carbocycles. The molecule has 2 aromatic rings. The quantitative estimate of drug-likeness (QED) is 0.490. The standard InChI is InChI=1S/C21H25F4N3O/c1-2-3-9-17(14-26-13-15-7-5-4-6-8-15)28-20(29)27-16-10-11-19(22)18(12-16)21(23,24)25/h4-8,10-12,17,26H,2-3,9,13-14H2,1H3,(H2,27,28,29). The lowest BCUT2D eigenvalue weighted by molar-refractivity contribution is -0.139. The molecule has 2 rings (SSSR count). The number of carbonyl (C=O) groups is 1. The van der Waals surface area contributed by atoms with Gasteiger partial charge in [-0.15, -0.1) is 0 Å². The van der Waals surface area contributed by atoms with Gasteiger partial charge < -0.3 is 16.0 Å². The van der Waals surface area contributed by atoms with E-state index < -0.39 is 23.6 Å². The molecule has 29 heavy (non-hydrogen) atoms. The Morgan fingerprint density at radius 3 is 2.48 bits per heavy atom. The highest BCUT2D eigenvalue weighted by Gasteiger charge is 2.34. The number of rotatable bonds is 9. The summed E-state index contributed by atoms with van der Waals surface area (Å²) in [4.78, 5) is 12.2. The minimum atomic E-state index is -4.83. The maximum Gasteiger partial charge on any atom is 0.419 e. The van der Waals surface area contributed by atoms with Crippen LogP contribution < -0.4 is 16.0 Å². The first-order valence-corrected chi connectivity index (χ1v) is 9.48. The van der Waals surface area contributed by atoms with Gasteiger partial charge in [-0.05, 0) is 30.2 Å². The second kappa shape index (κ2) is 10.8. The summed E-state index contributed by atoms with van der Waals surface area (Å²) in [5, 5.41) is 8.40. The maximum absolute atomic E-state index is 13.4. The van der Waals surface area contributed by atoms with E-state index >= 15 is 0 Å². The highest BCUT2D eigenvalue weighted by molar-refractivity contribution is 5.89. The summed E-state index contributed by atoms with van der Waals surface area (Å²) in [5.41, 5.74) is -0.428. The third kappa shape index (κ3) is 7.73. The molecule has 0 spiro atoms. The SMILES string of the molecule is CCCCC(CNCc1ccccc1)NC(=O)Nc1ccc(F)c(C(F)(F)F)c1. The Morgan fingerprint density at radius 1 is 1.10 bits per heavy atom. The van der Waals surface area contributed by atoms with Crippen LogP contribution in [0.4, 0.5) is 28.0 Å². The fourth-order valence-electron chi connectivity index (χ4n) is 2.84. The molecule has 8 heteroatoms. The Bertz CT molecular complexity index is 781. The van der Waals surface area contributed by atoms with Gasteiger partial charge in [-0.3, -0.25) is 0 Å². The van der Waals surface area contributed by atoms with Crippen molar-refractivity contribution in [2.75, 3.05) is 11.9 Å². The highest BCUT2D eigenvalue weighted by atomic mass is 19.4. The van der Waals surface area contributed by atoms with Crippen molar-refractivity contribution in [2.24, 2.45) is 0 Å². The van der Waals surface area contributed by atoms with Crippen molar-refractivity contribution < 1.29 is 22.4 Å². The van der Waals surface area contributed by atoms with Crippen molar-refractivity contribution in [3.63, 3.8) is 0 Å². The number of hydrogen-bond acceptors (Lipinski definition) is 2. The first kappa shape index (κ1) is 22.7. The average Bonchev–Trinajstić information content (AvgIpc) is 2.67. The molecule has 158 valence electrons. The van der Waals surface area contributed by atoms with Gasteiger partial charge in [0.05, 0.1) is 5.56 Å². The van der Waals surface area contributed by atoms with Gasteiger partial charge in [0.15, 0.2) is 0 Å². The van der Waals surface area contributed by atoms with Gasteiger partial charge in [0.2, 0.25) is 0 Å². The average molecular weight is 411 g/mol. The molecule has 0 saturated heterocycles. The van der Waals surface area contributed by atoms with E-state index in [2.05, 4.69) is 16.0 Å². The number of urea groups is 1. The molecule has 0 bridgehead atoms. The van der Waals surface area contributed by atoms with Gasteiger partial charge in [0.1, 0.15) is 5.82 Å². The van der Waals surface area contributed by atoms with E-state index in [-0.39, 0.29) is 11.7 Å². The number of unbranched alkanes of at least 4 members (excludes halogenated alkanes) is 1. The van der Waals surface area contributed by atoms with Crippen molar-refractivity contribution in [3.05, 3.63) is 65.5 Å². The molecule has 2 amide bonds. The van der Waals surface area contributed by atoms with E-state index in [4.69, 9.17) is 0 Å². The smallest absolute Gasteiger partial charge is 0.334 e. The fourth-order valence-corrected chi connectivity index (χ4v) is 2.84. The molecule has 0 aliphatic heterocycles. The zero-order valence-electron chi connectivity index (χ0n) is 16.2.